The third-order valence-electron chi connectivity index (χ3n) is 6.39. The highest BCUT2D eigenvalue weighted by atomic mass is 16.5. The average molecular weight is 340 g/mol. The van der Waals surface area contributed by atoms with Gasteiger partial charge in [0.2, 0.25) is 0 Å². The quantitative estimate of drug-likeness (QED) is 0.430. The van der Waals surface area contributed by atoms with Gasteiger partial charge >= 0.3 is 5.97 Å². The third kappa shape index (κ3) is 3.33. The minimum Gasteiger partial charge on any atom is -0.463 e. The van der Waals surface area contributed by atoms with Crippen molar-refractivity contribution < 1.29 is 14.3 Å². The van der Waals surface area contributed by atoms with E-state index in [1.165, 1.54) is 50.2 Å². The maximum absolute atomic E-state index is 11.5. The zero-order valence-corrected chi connectivity index (χ0v) is 15.3. The van der Waals surface area contributed by atoms with Crippen molar-refractivity contribution in [2.24, 2.45) is 17.8 Å². The summed E-state index contributed by atoms with van der Waals surface area (Å²) >= 11 is 0. The number of carbonyl (C=O) groups excluding carboxylic acids is 1. The van der Waals surface area contributed by atoms with Gasteiger partial charge < -0.3 is 9.47 Å². The Morgan fingerprint density at radius 3 is 2.16 bits per heavy atom. The smallest absolute Gasteiger partial charge is 0.334 e. The summed E-state index contributed by atoms with van der Waals surface area (Å²) in [5, 5.41) is 0. The van der Waals surface area contributed by atoms with Gasteiger partial charge in [-0.25, -0.2) is 4.79 Å². The Labute approximate surface area is 150 Å². The lowest BCUT2D eigenvalue weighted by molar-refractivity contribution is -0.137. The molecule has 0 saturated heterocycles. The zero-order chi connectivity index (χ0) is 17.4. The van der Waals surface area contributed by atoms with Gasteiger partial charge in [0.05, 0.1) is 12.7 Å². The van der Waals surface area contributed by atoms with Crippen LogP contribution in [0.2, 0.25) is 0 Å². The zero-order valence-electron chi connectivity index (χ0n) is 15.3. The van der Waals surface area contributed by atoms with Gasteiger partial charge in [-0.1, -0.05) is 12.1 Å². The fourth-order valence-corrected chi connectivity index (χ4v) is 5.91. The number of benzene rings is 1. The fourth-order valence-electron chi connectivity index (χ4n) is 5.91. The molecule has 0 radical (unpaired) electrons. The first-order chi connectivity index (χ1) is 12.1. The first kappa shape index (κ1) is 16.7. The molecule has 4 fully saturated rings. The normalized spacial score (nSPS) is 33.4. The molecule has 4 aliphatic rings. The van der Waals surface area contributed by atoms with E-state index in [9.17, 15) is 4.79 Å². The van der Waals surface area contributed by atoms with Crippen LogP contribution in [0.5, 0.6) is 5.75 Å². The number of allylic oxidation sites excluding steroid dienone is 1. The SMILES string of the molecule is CCOC(=O)C=C(C)Oc1ccc(C23CC4CC(CC(C4)C2)C3)cc1. The molecule has 3 nitrogen and oxygen atoms in total. The molecule has 1 aromatic carbocycles. The fraction of sp³-hybridized carbons (Fsp3) is 0.591. The van der Waals surface area contributed by atoms with E-state index >= 15 is 0 Å². The van der Waals surface area contributed by atoms with Crippen LogP contribution in [0.3, 0.4) is 0 Å². The van der Waals surface area contributed by atoms with Crippen molar-refractivity contribution in [2.75, 3.05) is 6.61 Å². The van der Waals surface area contributed by atoms with Crippen LogP contribution in [-0.4, -0.2) is 12.6 Å². The molecule has 0 atom stereocenters. The molecule has 0 amide bonds. The van der Waals surface area contributed by atoms with E-state index in [-0.39, 0.29) is 5.97 Å². The molecular formula is C22H28O3. The van der Waals surface area contributed by atoms with E-state index in [4.69, 9.17) is 9.47 Å². The van der Waals surface area contributed by atoms with E-state index in [1.807, 2.05) is 0 Å². The molecule has 3 heteroatoms. The average Bonchev–Trinajstić information content (AvgIpc) is 2.54. The summed E-state index contributed by atoms with van der Waals surface area (Å²) in [6, 6.07) is 8.60. The first-order valence-corrected chi connectivity index (χ1v) is 9.70. The van der Waals surface area contributed by atoms with E-state index in [0.29, 0.717) is 17.8 Å². The number of rotatable bonds is 5. The Morgan fingerprint density at radius 1 is 1.08 bits per heavy atom. The molecule has 134 valence electrons. The second kappa shape index (κ2) is 6.51. The Morgan fingerprint density at radius 2 is 1.64 bits per heavy atom. The van der Waals surface area contributed by atoms with E-state index in [0.717, 1.165) is 23.5 Å². The highest BCUT2D eigenvalue weighted by Gasteiger charge is 2.51. The maximum atomic E-state index is 11.5. The van der Waals surface area contributed by atoms with Gasteiger partial charge in [-0.05, 0) is 93.2 Å². The molecule has 0 N–H and O–H groups in total. The summed E-state index contributed by atoms with van der Waals surface area (Å²) < 4.78 is 10.7. The maximum Gasteiger partial charge on any atom is 0.334 e. The molecular weight excluding hydrogens is 312 g/mol. The summed E-state index contributed by atoms with van der Waals surface area (Å²) in [5.74, 6) is 3.85. The summed E-state index contributed by atoms with van der Waals surface area (Å²) in [4.78, 5) is 11.5. The van der Waals surface area contributed by atoms with Crippen molar-refractivity contribution in [1.29, 1.82) is 0 Å². The highest BCUT2D eigenvalue weighted by Crippen LogP contribution is 2.60. The molecule has 5 rings (SSSR count). The number of ether oxygens (including phenoxy) is 2. The summed E-state index contributed by atoms with van der Waals surface area (Å²) in [7, 11) is 0. The van der Waals surface area contributed by atoms with Crippen molar-refractivity contribution in [3.63, 3.8) is 0 Å². The van der Waals surface area contributed by atoms with Crippen molar-refractivity contribution in [1.82, 2.24) is 0 Å². The van der Waals surface area contributed by atoms with Gasteiger partial charge in [-0.3, -0.25) is 0 Å². The van der Waals surface area contributed by atoms with Gasteiger partial charge in [0.1, 0.15) is 11.5 Å². The van der Waals surface area contributed by atoms with Crippen LogP contribution in [-0.2, 0) is 14.9 Å². The second-order valence-corrected chi connectivity index (χ2v) is 8.33. The van der Waals surface area contributed by atoms with Crippen LogP contribution < -0.4 is 4.74 Å². The van der Waals surface area contributed by atoms with E-state index in [1.54, 1.807) is 13.8 Å². The molecule has 0 aromatic heterocycles. The molecule has 0 spiro atoms. The van der Waals surface area contributed by atoms with Crippen molar-refractivity contribution in [2.45, 2.75) is 57.8 Å². The molecule has 0 heterocycles. The lowest BCUT2D eigenvalue weighted by atomic mass is 9.48. The molecule has 1 aromatic rings. The Balaban J connectivity index is 1.47. The van der Waals surface area contributed by atoms with Crippen LogP contribution >= 0.6 is 0 Å². The van der Waals surface area contributed by atoms with Crippen molar-refractivity contribution >= 4 is 5.97 Å². The Bertz CT molecular complexity index is 636. The summed E-state index contributed by atoms with van der Waals surface area (Å²) in [6.07, 6.45) is 9.94. The van der Waals surface area contributed by atoms with Crippen LogP contribution in [0.1, 0.15) is 57.9 Å². The van der Waals surface area contributed by atoms with Gasteiger partial charge in [0.25, 0.3) is 0 Å². The molecule has 0 aliphatic heterocycles. The second-order valence-electron chi connectivity index (χ2n) is 8.33. The van der Waals surface area contributed by atoms with Crippen LogP contribution in [0.4, 0.5) is 0 Å². The van der Waals surface area contributed by atoms with Gasteiger partial charge in [0, 0.05) is 0 Å². The monoisotopic (exact) mass is 340 g/mol. The van der Waals surface area contributed by atoms with Crippen LogP contribution in [0.15, 0.2) is 36.1 Å². The van der Waals surface area contributed by atoms with E-state index < -0.39 is 0 Å². The lowest BCUT2D eigenvalue weighted by Gasteiger charge is -2.57. The largest absolute Gasteiger partial charge is 0.463 e. The highest BCUT2D eigenvalue weighted by molar-refractivity contribution is 5.82. The molecule has 0 unspecified atom stereocenters. The lowest BCUT2D eigenvalue weighted by Crippen LogP contribution is -2.48. The Hall–Kier alpha value is -1.77. The van der Waals surface area contributed by atoms with Crippen molar-refractivity contribution in [3.8, 4) is 5.75 Å². The van der Waals surface area contributed by atoms with E-state index in [2.05, 4.69) is 24.3 Å². The van der Waals surface area contributed by atoms with Gasteiger partial charge in [0.15, 0.2) is 0 Å². The van der Waals surface area contributed by atoms with Crippen LogP contribution in [0, 0.1) is 17.8 Å². The molecule has 4 saturated carbocycles. The minimum atomic E-state index is -0.356. The van der Waals surface area contributed by atoms with Crippen molar-refractivity contribution in [3.05, 3.63) is 41.7 Å². The Kier molecular flexibility index (Phi) is 4.35. The minimum absolute atomic E-state index is 0.356. The predicted octanol–water partition coefficient (Wildman–Crippen LogP) is 5.00. The predicted molar refractivity (Wildman–Crippen MR) is 97.3 cm³/mol. The number of esters is 1. The number of hydrogen-bond donors (Lipinski definition) is 0. The standard InChI is InChI=1S/C22H28O3/c1-3-24-21(23)8-15(2)25-20-6-4-19(5-7-20)22-12-16-9-17(13-22)11-18(10-16)14-22/h4-8,16-18H,3,9-14H2,1-2H3. The van der Waals surface area contributed by atoms with Gasteiger partial charge in [-0.2, -0.15) is 0 Å². The molecule has 4 bridgehead atoms. The molecule has 25 heavy (non-hydrogen) atoms. The topological polar surface area (TPSA) is 35.5 Å². The molecule has 4 aliphatic carbocycles. The third-order valence-corrected chi connectivity index (χ3v) is 6.39. The summed E-state index contributed by atoms with van der Waals surface area (Å²) in [5.41, 5.74) is 1.91. The van der Waals surface area contributed by atoms with Gasteiger partial charge in [-0.15, -0.1) is 0 Å². The van der Waals surface area contributed by atoms with Crippen LogP contribution in [0.25, 0.3) is 0 Å². The number of hydrogen-bond acceptors (Lipinski definition) is 3. The number of carbonyl (C=O) groups is 1. The summed E-state index contributed by atoms with van der Waals surface area (Å²) in [6.45, 7) is 3.96. The first-order valence-electron chi connectivity index (χ1n) is 9.70.